The zero-order valence-corrected chi connectivity index (χ0v) is 12.4. The van der Waals surface area contributed by atoms with Gasteiger partial charge in [0.1, 0.15) is 0 Å². The number of carbonyl (C=O) groups is 1. The van der Waals surface area contributed by atoms with Gasteiger partial charge >= 0.3 is 0 Å². The van der Waals surface area contributed by atoms with Crippen LogP contribution in [0.4, 0.5) is 0 Å². The SMILES string of the molecule is CCCC(CCCl)CNC(=O)c1cnn2ccccc12. The second-order valence-electron chi connectivity index (χ2n) is 4.93. The lowest BCUT2D eigenvalue weighted by atomic mass is 10.0. The van der Waals surface area contributed by atoms with Crippen LogP contribution in [0.25, 0.3) is 5.52 Å². The number of aromatic nitrogens is 2. The molecule has 108 valence electrons. The Morgan fingerprint density at radius 1 is 1.45 bits per heavy atom. The zero-order chi connectivity index (χ0) is 14.4. The number of nitrogens with zero attached hydrogens (tertiary/aromatic N) is 2. The molecule has 0 aromatic carbocycles. The van der Waals surface area contributed by atoms with Crippen molar-refractivity contribution in [3.8, 4) is 0 Å². The number of rotatable bonds is 7. The van der Waals surface area contributed by atoms with E-state index in [4.69, 9.17) is 11.6 Å². The maximum atomic E-state index is 12.2. The van der Waals surface area contributed by atoms with Gasteiger partial charge < -0.3 is 5.32 Å². The lowest BCUT2D eigenvalue weighted by Crippen LogP contribution is -2.29. The summed E-state index contributed by atoms with van der Waals surface area (Å²) in [5.74, 6) is 1.02. The molecular weight excluding hydrogens is 274 g/mol. The van der Waals surface area contributed by atoms with Gasteiger partial charge in [0.25, 0.3) is 5.91 Å². The van der Waals surface area contributed by atoms with Crippen LogP contribution in [0.15, 0.2) is 30.6 Å². The van der Waals surface area contributed by atoms with Crippen molar-refractivity contribution < 1.29 is 4.79 Å². The van der Waals surface area contributed by atoms with Gasteiger partial charge in [-0.3, -0.25) is 4.79 Å². The van der Waals surface area contributed by atoms with Gasteiger partial charge in [0.15, 0.2) is 0 Å². The summed E-state index contributed by atoms with van der Waals surface area (Å²) < 4.78 is 1.71. The molecule has 2 heterocycles. The maximum absolute atomic E-state index is 12.2. The molecule has 0 aliphatic heterocycles. The van der Waals surface area contributed by atoms with Gasteiger partial charge in [-0.15, -0.1) is 11.6 Å². The molecule has 1 atom stereocenters. The summed E-state index contributed by atoms with van der Waals surface area (Å²) in [5.41, 5.74) is 1.45. The van der Waals surface area contributed by atoms with E-state index < -0.39 is 0 Å². The highest BCUT2D eigenvalue weighted by molar-refractivity contribution is 6.17. The molecule has 0 aliphatic carbocycles. The third-order valence-corrected chi connectivity index (χ3v) is 3.65. The normalized spacial score (nSPS) is 12.5. The lowest BCUT2D eigenvalue weighted by Gasteiger charge is -2.15. The number of nitrogens with one attached hydrogen (secondary N) is 1. The predicted octanol–water partition coefficient (Wildman–Crippen LogP) is 3.11. The van der Waals surface area contributed by atoms with Crippen molar-refractivity contribution in [1.82, 2.24) is 14.9 Å². The third kappa shape index (κ3) is 3.51. The average Bonchev–Trinajstić information content (AvgIpc) is 2.89. The minimum Gasteiger partial charge on any atom is -0.352 e. The van der Waals surface area contributed by atoms with E-state index in [1.165, 1.54) is 0 Å². The van der Waals surface area contributed by atoms with Crippen LogP contribution in [0.2, 0.25) is 0 Å². The number of hydrogen-bond donors (Lipinski definition) is 1. The average molecular weight is 294 g/mol. The van der Waals surface area contributed by atoms with Gasteiger partial charge in [-0.05, 0) is 30.9 Å². The molecule has 0 radical (unpaired) electrons. The van der Waals surface area contributed by atoms with E-state index >= 15 is 0 Å². The van der Waals surface area contributed by atoms with Gasteiger partial charge in [0.2, 0.25) is 0 Å². The van der Waals surface area contributed by atoms with Gasteiger partial charge in [-0.2, -0.15) is 5.10 Å². The molecule has 0 fully saturated rings. The molecule has 1 unspecified atom stereocenters. The zero-order valence-electron chi connectivity index (χ0n) is 11.7. The number of carbonyl (C=O) groups excluding carboxylic acids is 1. The number of alkyl halides is 1. The molecule has 4 nitrogen and oxygen atoms in total. The Hall–Kier alpha value is -1.55. The minimum absolute atomic E-state index is 0.0677. The first-order chi connectivity index (χ1) is 9.76. The Morgan fingerprint density at radius 3 is 3.05 bits per heavy atom. The molecule has 1 amide bonds. The molecule has 0 bridgehead atoms. The van der Waals surface area contributed by atoms with Crippen LogP contribution >= 0.6 is 11.6 Å². The Balaban J connectivity index is 2.01. The molecule has 0 saturated heterocycles. The van der Waals surface area contributed by atoms with Crippen molar-refractivity contribution in [2.24, 2.45) is 5.92 Å². The van der Waals surface area contributed by atoms with Crippen LogP contribution in [0.1, 0.15) is 36.5 Å². The number of amides is 1. The van der Waals surface area contributed by atoms with Crippen LogP contribution in [0, 0.1) is 5.92 Å². The lowest BCUT2D eigenvalue weighted by molar-refractivity contribution is 0.0947. The van der Waals surface area contributed by atoms with Crippen molar-refractivity contribution in [1.29, 1.82) is 0 Å². The topological polar surface area (TPSA) is 46.4 Å². The highest BCUT2D eigenvalue weighted by Crippen LogP contribution is 2.13. The molecule has 0 spiro atoms. The second kappa shape index (κ2) is 7.29. The van der Waals surface area contributed by atoms with E-state index in [0.29, 0.717) is 23.9 Å². The monoisotopic (exact) mass is 293 g/mol. The molecule has 0 saturated carbocycles. The Kier molecular flexibility index (Phi) is 5.41. The highest BCUT2D eigenvalue weighted by Gasteiger charge is 2.14. The van der Waals surface area contributed by atoms with Crippen LogP contribution in [0.5, 0.6) is 0 Å². The number of fused-ring (bicyclic) bond motifs is 1. The molecule has 0 aliphatic rings. The standard InChI is InChI=1S/C15H20ClN3O/c1-2-5-12(7-8-16)10-17-15(20)13-11-18-19-9-4-3-6-14(13)19/h3-4,6,9,11-12H,2,5,7-8,10H2,1H3,(H,17,20). The summed E-state index contributed by atoms with van der Waals surface area (Å²) >= 11 is 5.80. The fourth-order valence-electron chi connectivity index (χ4n) is 2.35. The van der Waals surface area contributed by atoms with Crippen molar-refractivity contribution in [3.63, 3.8) is 0 Å². The minimum atomic E-state index is -0.0677. The van der Waals surface area contributed by atoms with Crippen LogP contribution < -0.4 is 5.32 Å². The van der Waals surface area contributed by atoms with Crippen LogP contribution in [-0.2, 0) is 0 Å². The summed E-state index contributed by atoms with van der Waals surface area (Å²) in [4.78, 5) is 12.2. The van der Waals surface area contributed by atoms with Gasteiger partial charge in [0.05, 0.1) is 17.3 Å². The van der Waals surface area contributed by atoms with Gasteiger partial charge in [-0.25, -0.2) is 4.52 Å². The van der Waals surface area contributed by atoms with Crippen molar-refractivity contribution in [2.75, 3.05) is 12.4 Å². The predicted molar refractivity (Wildman–Crippen MR) is 81.3 cm³/mol. The fraction of sp³-hybridized carbons (Fsp3) is 0.467. The Labute approximate surface area is 124 Å². The first kappa shape index (κ1) is 14.9. The van der Waals surface area contributed by atoms with Crippen LogP contribution in [-0.4, -0.2) is 27.9 Å². The molecular formula is C15H20ClN3O. The summed E-state index contributed by atoms with van der Waals surface area (Å²) in [6.45, 7) is 2.82. The number of hydrogen-bond acceptors (Lipinski definition) is 2. The molecule has 20 heavy (non-hydrogen) atoms. The van der Waals surface area contributed by atoms with E-state index in [1.54, 1.807) is 10.7 Å². The van der Waals surface area contributed by atoms with E-state index in [9.17, 15) is 4.79 Å². The molecule has 2 rings (SSSR count). The first-order valence-corrected chi connectivity index (χ1v) is 7.56. The number of pyridine rings is 1. The Bertz CT molecular complexity index is 561. The second-order valence-corrected chi connectivity index (χ2v) is 5.31. The van der Waals surface area contributed by atoms with E-state index in [1.807, 2.05) is 24.4 Å². The summed E-state index contributed by atoms with van der Waals surface area (Å²) in [5, 5.41) is 7.17. The molecule has 2 aromatic heterocycles. The number of halogens is 1. The van der Waals surface area contributed by atoms with Gasteiger partial charge in [0, 0.05) is 18.6 Å². The molecule has 5 heteroatoms. The summed E-state index contributed by atoms with van der Waals surface area (Å²) in [6.07, 6.45) is 6.57. The van der Waals surface area contributed by atoms with Crippen molar-refractivity contribution in [2.45, 2.75) is 26.2 Å². The maximum Gasteiger partial charge on any atom is 0.255 e. The summed E-state index contributed by atoms with van der Waals surface area (Å²) in [7, 11) is 0. The van der Waals surface area contributed by atoms with E-state index in [-0.39, 0.29) is 5.91 Å². The third-order valence-electron chi connectivity index (χ3n) is 3.44. The van der Waals surface area contributed by atoms with Crippen molar-refractivity contribution >= 4 is 23.0 Å². The van der Waals surface area contributed by atoms with E-state index in [0.717, 1.165) is 24.8 Å². The van der Waals surface area contributed by atoms with Crippen LogP contribution in [0.3, 0.4) is 0 Å². The van der Waals surface area contributed by atoms with Crippen molar-refractivity contribution in [3.05, 3.63) is 36.2 Å². The van der Waals surface area contributed by atoms with Gasteiger partial charge in [-0.1, -0.05) is 19.4 Å². The fourth-order valence-corrected chi connectivity index (χ4v) is 2.66. The quantitative estimate of drug-likeness (QED) is 0.797. The summed E-state index contributed by atoms with van der Waals surface area (Å²) in [6, 6.07) is 5.69. The largest absolute Gasteiger partial charge is 0.352 e. The molecule has 2 aromatic rings. The van der Waals surface area contributed by atoms with E-state index in [2.05, 4.69) is 17.3 Å². The highest BCUT2D eigenvalue weighted by atomic mass is 35.5. The Morgan fingerprint density at radius 2 is 2.30 bits per heavy atom. The smallest absolute Gasteiger partial charge is 0.255 e. The molecule has 1 N–H and O–H groups in total. The first-order valence-electron chi connectivity index (χ1n) is 7.02.